The van der Waals surface area contributed by atoms with Crippen molar-refractivity contribution in [3.63, 3.8) is 0 Å². The lowest BCUT2D eigenvalue weighted by Gasteiger charge is -1.92. The molecule has 0 spiro atoms. The summed E-state index contributed by atoms with van der Waals surface area (Å²) in [5, 5.41) is 8.03. The molecule has 0 atom stereocenters. The van der Waals surface area contributed by atoms with Crippen molar-refractivity contribution in [3.05, 3.63) is 17.3 Å². The summed E-state index contributed by atoms with van der Waals surface area (Å²) in [7, 11) is 0. The molecule has 47 valence electrons. The number of hydrogen-bond donors (Lipinski definition) is 0. The fraction of sp³-hybridized carbons (Fsp3) is 0.571. The molecule has 1 aliphatic heterocycles. The van der Waals surface area contributed by atoms with Crippen LogP contribution in [0.15, 0.2) is 21.5 Å². The normalized spacial score (nSPS) is 25.9. The smallest absolute Gasteiger partial charge is 0.136 e. The van der Waals surface area contributed by atoms with Crippen molar-refractivity contribution in [2.24, 2.45) is 10.2 Å². The minimum Gasteiger partial charge on any atom is -0.175 e. The molecule has 0 amide bonds. The summed E-state index contributed by atoms with van der Waals surface area (Å²) in [5.74, 6) is 0. The Morgan fingerprint density at radius 3 is 2.89 bits per heavy atom. The topological polar surface area (TPSA) is 24.7 Å². The Hall–Kier alpha value is -0.660. The van der Waals surface area contributed by atoms with Crippen molar-refractivity contribution in [2.45, 2.75) is 26.2 Å². The van der Waals surface area contributed by atoms with E-state index in [2.05, 4.69) is 10.2 Å². The van der Waals surface area contributed by atoms with Crippen LogP contribution in [-0.4, -0.2) is 0 Å². The zero-order valence-electron chi connectivity index (χ0n) is 5.52. The minimum absolute atomic E-state index is 1.14. The van der Waals surface area contributed by atoms with Gasteiger partial charge in [-0.25, -0.2) is 0 Å². The van der Waals surface area contributed by atoms with Crippen molar-refractivity contribution in [1.82, 2.24) is 0 Å². The van der Waals surface area contributed by atoms with Crippen molar-refractivity contribution < 1.29 is 0 Å². The van der Waals surface area contributed by atoms with Gasteiger partial charge in [0.15, 0.2) is 0 Å². The van der Waals surface area contributed by atoms with E-state index in [4.69, 9.17) is 0 Å². The van der Waals surface area contributed by atoms with Crippen LogP contribution >= 0.6 is 0 Å². The summed E-state index contributed by atoms with van der Waals surface area (Å²) in [6, 6.07) is 1.24. The van der Waals surface area contributed by atoms with Gasteiger partial charge >= 0.3 is 0 Å². The molecule has 2 heteroatoms. The molecular weight excluding hydrogens is 112 g/mol. The average molecular weight is 121 g/mol. The van der Waals surface area contributed by atoms with Crippen LogP contribution in [0, 0.1) is 6.04 Å². The minimum atomic E-state index is 1.14. The largest absolute Gasteiger partial charge is 0.175 e. The monoisotopic (exact) mass is 121 g/mol. The van der Waals surface area contributed by atoms with Crippen LogP contribution in [0.4, 0.5) is 0 Å². The highest BCUT2D eigenvalue weighted by Crippen LogP contribution is 2.40. The maximum atomic E-state index is 4.05. The molecule has 2 aliphatic rings. The third-order valence-electron chi connectivity index (χ3n) is 1.95. The number of rotatable bonds is 0. The molecule has 1 aliphatic carbocycles. The van der Waals surface area contributed by atoms with Crippen LogP contribution in [0.2, 0.25) is 0 Å². The molecule has 0 aromatic carbocycles. The van der Waals surface area contributed by atoms with Crippen LogP contribution in [-0.2, 0) is 0 Å². The quantitative estimate of drug-likeness (QED) is 0.470. The number of fused-ring (bicyclic) bond motifs is 1. The summed E-state index contributed by atoms with van der Waals surface area (Å²) in [6.07, 6.45) is 3.63. The van der Waals surface area contributed by atoms with E-state index in [0.29, 0.717) is 0 Å². The van der Waals surface area contributed by atoms with Gasteiger partial charge in [0, 0.05) is 0 Å². The van der Waals surface area contributed by atoms with Gasteiger partial charge in [-0.05, 0) is 31.8 Å². The molecule has 0 bridgehead atoms. The van der Waals surface area contributed by atoms with E-state index >= 15 is 0 Å². The van der Waals surface area contributed by atoms with E-state index in [0.717, 1.165) is 12.1 Å². The van der Waals surface area contributed by atoms with Crippen molar-refractivity contribution >= 4 is 0 Å². The summed E-state index contributed by atoms with van der Waals surface area (Å²) >= 11 is 0. The predicted molar refractivity (Wildman–Crippen MR) is 34.6 cm³/mol. The molecule has 0 N–H and O–H groups in total. The van der Waals surface area contributed by atoms with E-state index in [9.17, 15) is 0 Å². The molecule has 1 fully saturated rings. The van der Waals surface area contributed by atoms with Crippen LogP contribution < -0.4 is 0 Å². The summed E-state index contributed by atoms with van der Waals surface area (Å²) in [4.78, 5) is 0. The summed E-state index contributed by atoms with van der Waals surface area (Å²) in [6.45, 7) is 2.04. The van der Waals surface area contributed by atoms with Crippen LogP contribution in [0.1, 0.15) is 26.2 Å². The Balaban J connectivity index is 2.36. The molecule has 2 nitrogen and oxygen atoms in total. The lowest BCUT2D eigenvalue weighted by atomic mass is 10.1. The van der Waals surface area contributed by atoms with Crippen LogP contribution in [0.5, 0.6) is 0 Å². The highest BCUT2D eigenvalue weighted by atomic mass is 15.2. The Morgan fingerprint density at radius 2 is 2.11 bits per heavy atom. The average Bonchev–Trinajstić information content (AvgIpc) is 2.35. The van der Waals surface area contributed by atoms with Gasteiger partial charge in [0.05, 0.1) is 5.70 Å². The van der Waals surface area contributed by atoms with Gasteiger partial charge < -0.3 is 0 Å². The maximum absolute atomic E-state index is 4.05. The third-order valence-corrected chi connectivity index (χ3v) is 1.95. The van der Waals surface area contributed by atoms with E-state index in [1.165, 1.54) is 24.5 Å². The summed E-state index contributed by atoms with van der Waals surface area (Å²) in [5.41, 5.74) is 2.55. The highest BCUT2D eigenvalue weighted by Gasteiger charge is 2.27. The Labute approximate surface area is 54.7 Å². The first-order valence-electron chi connectivity index (χ1n) is 3.35. The second-order valence-corrected chi connectivity index (χ2v) is 2.56. The van der Waals surface area contributed by atoms with Gasteiger partial charge in [-0.15, -0.1) is 0 Å². The molecule has 0 saturated heterocycles. The highest BCUT2D eigenvalue weighted by molar-refractivity contribution is 5.34. The summed E-state index contributed by atoms with van der Waals surface area (Å²) < 4.78 is 0. The van der Waals surface area contributed by atoms with Crippen molar-refractivity contribution in [1.29, 1.82) is 0 Å². The molecule has 0 aromatic heterocycles. The van der Waals surface area contributed by atoms with Crippen molar-refractivity contribution in [2.75, 3.05) is 0 Å². The molecule has 0 aromatic rings. The maximum Gasteiger partial charge on any atom is 0.136 e. The molecule has 2 rings (SSSR count). The Morgan fingerprint density at radius 1 is 1.22 bits per heavy atom. The van der Waals surface area contributed by atoms with E-state index < -0.39 is 0 Å². The second kappa shape index (κ2) is 1.66. The lowest BCUT2D eigenvalue weighted by molar-refractivity contribution is 0.860. The fourth-order valence-corrected chi connectivity index (χ4v) is 1.42. The van der Waals surface area contributed by atoms with E-state index in [1.807, 2.05) is 6.92 Å². The number of nitrogens with zero attached hydrogens (tertiary/aromatic N) is 2. The van der Waals surface area contributed by atoms with Gasteiger partial charge in [0.1, 0.15) is 6.04 Å². The first-order chi connectivity index (χ1) is 4.38. The zero-order chi connectivity index (χ0) is 6.27. The van der Waals surface area contributed by atoms with Gasteiger partial charge in [-0.2, -0.15) is 10.2 Å². The molecule has 1 saturated carbocycles. The predicted octanol–water partition coefficient (Wildman–Crippen LogP) is 2.44. The van der Waals surface area contributed by atoms with E-state index in [1.54, 1.807) is 0 Å². The Kier molecular flexibility index (Phi) is 0.949. The standard InChI is InChI=1S/C7H9N2/c1-5-6-3-2-4-7(6)9-8-5/h2-4H2,1H3. The molecular formula is C7H9N2. The van der Waals surface area contributed by atoms with Gasteiger partial charge in [0.2, 0.25) is 0 Å². The number of allylic oxidation sites excluding steroid dienone is 1. The first kappa shape index (κ1) is 5.15. The SMILES string of the molecule is CC1=C2CCC[C]2N=N1. The first-order valence-corrected chi connectivity index (χ1v) is 3.35. The second-order valence-electron chi connectivity index (χ2n) is 2.56. The molecule has 1 radical (unpaired) electrons. The fourth-order valence-electron chi connectivity index (χ4n) is 1.42. The van der Waals surface area contributed by atoms with Gasteiger partial charge in [-0.1, -0.05) is 0 Å². The lowest BCUT2D eigenvalue weighted by Crippen LogP contribution is -1.82. The third kappa shape index (κ3) is 0.622. The number of hydrogen-bond acceptors (Lipinski definition) is 2. The number of azo groups is 1. The Bertz CT molecular complexity index is 191. The van der Waals surface area contributed by atoms with Gasteiger partial charge in [-0.3, -0.25) is 0 Å². The van der Waals surface area contributed by atoms with E-state index in [-0.39, 0.29) is 0 Å². The molecule has 0 unspecified atom stereocenters. The van der Waals surface area contributed by atoms with Crippen LogP contribution in [0.25, 0.3) is 0 Å². The van der Waals surface area contributed by atoms with Crippen molar-refractivity contribution in [3.8, 4) is 0 Å². The molecule has 1 heterocycles. The van der Waals surface area contributed by atoms with Gasteiger partial charge in [0.25, 0.3) is 0 Å². The van der Waals surface area contributed by atoms with Crippen LogP contribution in [0.3, 0.4) is 0 Å². The zero-order valence-corrected chi connectivity index (χ0v) is 5.52. The molecule has 9 heavy (non-hydrogen) atoms.